The molecule has 0 amide bonds. The Kier molecular flexibility index (Phi) is 0.958. The summed E-state index contributed by atoms with van der Waals surface area (Å²) in [5, 5.41) is 8.65. The van der Waals surface area contributed by atoms with Gasteiger partial charge >= 0.3 is 0 Å². The molecule has 0 bridgehead atoms. The molecule has 0 unspecified atom stereocenters. The molecule has 0 aromatic carbocycles. The van der Waals surface area contributed by atoms with Gasteiger partial charge in [0.2, 0.25) is 0 Å². The van der Waals surface area contributed by atoms with Gasteiger partial charge in [0, 0.05) is 16.0 Å². The Labute approximate surface area is 58.4 Å². The zero-order valence-corrected chi connectivity index (χ0v) is 4.83. The van der Waals surface area contributed by atoms with Gasteiger partial charge in [-0.05, 0) is 18.5 Å². The average molecular weight is 126 g/mol. The third-order valence-corrected chi connectivity index (χ3v) is 1.01. The summed E-state index contributed by atoms with van der Waals surface area (Å²) in [6.45, 7) is -2.28. The number of aryl methyl sites for hydroxylation is 1. The Hall–Kier alpha value is -0.890. The van der Waals surface area contributed by atoms with Gasteiger partial charge < -0.3 is 5.11 Å². The summed E-state index contributed by atoms with van der Waals surface area (Å²) in [6.07, 6.45) is 1.36. The fraction of sp³-hybridized carbons (Fsp3) is 0.286. The van der Waals surface area contributed by atoms with Gasteiger partial charge in [0.15, 0.2) is 0 Å². The van der Waals surface area contributed by atoms with Crippen molar-refractivity contribution in [2.24, 2.45) is 0 Å². The first kappa shape index (κ1) is 3.32. The molecule has 0 fully saturated rings. The highest BCUT2D eigenvalue weighted by Gasteiger charge is 1.87. The Morgan fingerprint density at radius 3 is 3.11 bits per heavy atom. The first-order chi connectivity index (χ1) is 5.54. The van der Waals surface area contributed by atoms with E-state index in [1.54, 1.807) is 6.07 Å². The van der Waals surface area contributed by atoms with Crippen LogP contribution in [0.3, 0.4) is 0 Å². The minimum absolute atomic E-state index is 0.0553. The van der Waals surface area contributed by atoms with E-state index in [-0.39, 0.29) is 12.3 Å². The second-order valence-electron chi connectivity index (χ2n) is 1.71. The number of hydrogen-bond acceptors (Lipinski definition) is 2. The highest BCUT2D eigenvalue weighted by atomic mass is 16.3. The van der Waals surface area contributed by atoms with Crippen molar-refractivity contribution < 1.29 is 9.22 Å². The van der Waals surface area contributed by atoms with Crippen molar-refractivity contribution >= 4 is 0 Å². The summed E-state index contributed by atoms with van der Waals surface area (Å²) in [6, 6.07) is 2.95. The van der Waals surface area contributed by atoms with Crippen molar-refractivity contribution in [1.82, 2.24) is 4.98 Å². The van der Waals surface area contributed by atoms with Crippen molar-refractivity contribution in [2.75, 3.05) is 0 Å². The Morgan fingerprint density at radius 1 is 1.78 bits per heavy atom. The van der Waals surface area contributed by atoms with E-state index in [1.165, 1.54) is 12.3 Å². The lowest BCUT2D eigenvalue weighted by Crippen LogP contribution is -1.85. The van der Waals surface area contributed by atoms with E-state index < -0.39 is 6.85 Å². The largest absolute Gasteiger partial charge is 0.392 e. The van der Waals surface area contributed by atoms with Crippen LogP contribution in [0.15, 0.2) is 18.3 Å². The highest BCUT2D eigenvalue weighted by Crippen LogP contribution is 1.97. The summed E-state index contributed by atoms with van der Waals surface area (Å²) >= 11 is 0. The molecule has 48 valence electrons. The number of aromatic nitrogens is 1. The normalized spacial score (nSPS) is 15.9. The minimum Gasteiger partial charge on any atom is -0.392 e. The van der Waals surface area contributed by atoms with Crippen LogP contribution >= 0.6 is 0 Å². The van der Waals surface area contributed by atoms with Gasteiger partial charge in [-0.1, -0.05) is 6.07 Å². The highest BCUT2D eigenvalue weighted by molar-refractivity contribution is 5.11. The van der Waals surface area contributed by atoms with E-state index >= 15 is 0 Å². The van der Waals surface area contributed by atoms with Crippen molar-refractivity contribution in [3.05, 3.63) is 29.6 Å². The first-order valence-electron chi connectivity index (χ1n) is 4.10. The van der Waals surface area contributed by atoms with Crippen LogP contribution in [0, 0.1) is 6.85 Å². The summed E-state index contributed by atoms with van der Waals surface area (Å²) < 4.78 is 21.0. The zero-order valence-electron chi connectivity index (χ0n) is 7.83. The Morgan fingerprint density at radius 2 is 2.67 bits per heavy atom. The van der Waals surface area contributed by atoms with Crippen LogP contribution in [-0.2, 0) is 6.61 Å². The molecular formula is C7H9NO. The molecule has 0 atom stereocenters. The van der Waals surface area contributed by atoms with Crippen LogP contribution < -0.4 is 0 Å². The third kappa shape index (κ3) is 1.50. The van der Waals surface area contributed by atoms with Crippen molar-refractivity contribution in [3.63, 3.8) is 0 Å². The summed E-state index contributed by atoms with van der Waals surface area (Å²) in [7, 11) is 0. The molecule has 2 heteroatoms. The predicted octanol–water partition coefficient (Wildman–Crippen LogP) is 0.882. The van der Waals surface area contributed by atoms with Gasteiger partial charge in [-0.15, -0.1) is 0 Å². The maximum Gasteiger partial charge on any atom is 0.0696 e. The predicted molar refractivity (Wildman–Crippen MR) is 34.9 cm³/mol. The first-order valence-corrected chi connectivity index (χ1v) is 2.60. The van der Waals surface area contributed by atoms with Crippen LogP contribution in [0.2, 0.25) is 0 Å². The molecule has 1 aromatic heterocycles. The minimum atomic E-state index is -2.16. The van der Waals surface area contributed by atoms with E-state index in [9.17, 15) is 0 Å². The Balaban J connectivity index is 2.93. The molecule has 1 rings (SSSR count). The van der Waals surface area contributed by atoms with E-state index in [0.717, 1.165) is 0 Å². The molecule has 0 saturated carbocycles. The maximum atomic E-state index is 8.65. The Bertz CT molecular complexity index is 254. The molecule has 9 heavy (non-hydrogen) atoms. The van der Waals surface area contributed by atoms with Crippen molar-refractivity contribution in [3.8, 4) is 0 Å². The second-order valence-corrected chi connectivity index (χ2v) is 1.71. The molecule has 1 heterocycles. The van der Waals surface area contributed by atoms with Crippen LogP contribution in [0.4, 0.5) is 0 Å². The lowest BCUT2D eigenvalue weighted by Gasteiger charge is -1.93. The van der Waals surface area contributed by atoms with Gasteiger partial charge in [0.05, 0.1) is 6.61 Å². The monoisotopic (exact) mass is 126 g/mol. The van der Waals surface area contributed by atoms with E-state index in [4.69, 9.17) is 9.22 Å². The van der Waals surface area contributed by atoms with Crippen molar-refractivity contribution in [2.45, 2.75) is 13.5 Å². The number of hydrogen-bond donors (Lipinski definition) is 1. The molecule has 0 saturated heterocycles. The molecule has 0 radical (unpaired) electrons. The third-order valence-electron chi connectivity index (χ3n) is 1.01. The van der Waals surface area contributed by atoms with Crippen LogP contribution in [0.25, 0.3) is 0 Å². The number of rotatable bonds is 1. The number of aliphatic hydroxyl groups is 1. The topological polar surface area (TPSA) is 33.1 Å². The van der Waals surface area contributed by atoms with Crippen LogP contribution in [0.5, 0.6) is 0 Å². The maximum absolute atomic E-state index is 8.65. The van der Waals surface area contributed by atoms with Crippen molar-refractivity contribution in [1.29, 1.82) is 0 Å². The molecule has 0 aliphatic heterocycles. The quantitative estimate of drug-likeness (QED) is 0.606. The second kappa shape index (κ2) is 2.60. The van der Waals surface area contributed by atoms with Gasteiger partial charge in [0.25, 0.3) is 0 Å². The van der Waals surface area contributed by atoms with Gasteiger partial charge in [-0.2, -0.15) is 0 Å². The standard InChI is InChI=1S/C7H9NO/c1-6-2-3-7(5-9)4-8-6/h2-4,9H,5H2,1H3/i1D3. The smallest absolute Gasteiger partial charge is 0.0696 e. The molecule has 1 N–H and O–H groups in total. The SMILES string of the molecule is [2H]C([2H])([2H])c1ccc(CO)cn1. The van der Waals surface area contributed by atoms with Crippen LogP contribution in [0.1, 0.15) is 15.4 Å². The van der Waals surface area contributed by atoms with Crippen LogP contribution in [-0.4, -0.2) is 10.1 Å². The van der Waals surface area contributed by atoms with E-state index in [1.807, 2.05) is 0 Å². The lowest BCUT2D eigenvalue weighted by molar-refractivity contribution is 0.281. The number of nitrogens with zero attached hydrogens (tertiary/aromatic N) is 1. The van der Waals surface area contributed by atoms with Gasteiger partial charge in [-0.3, -0.25) is 4.98 Å². The molecule has 0 spiro atoms. The molecule has 2 nitrogen and oxygen atoms in total. The fourth-order valence-electron chi connectivity index (χ4n) is 0.518. The summed E-state index contributed by atoms with van der Waals surface area (Å²) in [5.74, 6) is 0. The molecule has 0 aliphatic rings. The fourth-order valence-corrected chi connectivity index (χ4v) is 0.518. The summed E-state index contributed by atoms with van der Waals surface area (Å²) in [4.78, 5) is 3.70. The summed E-state index contributed by atoms with van der Waals surface area (Å²) in [5.41, 5.74) is 0.669. The number of aliphatic hydroxyl groups excluding tert-OH is 1. The number of pyridine rings is 1. The van der Waals surface area contributed by atoms with E-state index in [2.05, 4.69) is 4.98 Å². The average Bonchev–Trinajstić information content (AvgIpc) is 2.03. The zero-order chi connectivity index (χ0) is 9.19. The van der Waals surface area contributed by atoms with E-state index in [0.29, 0.717) is 5.56 Å². The van der Waals surface area contributed by atoms with Gasteiger partial charge in [0.1, 0.15) is 0 Å². The van der Waals surface area contributed by atoms with Gasteiger partial charge in [-0.25, -0.2) is 0 Å². The lowest BCUT2D eigenvalue weighted by atomic mass is 10.3. The molecule has 0 aliphatic carbocycles. The molecular weight excluding hydrogens is 114 g/mol. The molecule has 1 aromatic rings.